The summed E-state index contributed by atoms with van der Waals surface area (Å²) in [5.74, 6) is 2.09. The van der Waals surface area contributed by atoms with Crippen LogP contribution in [0.2, 0.25) is 0 Å². The molecule has 3 rings (SSSR count). The minimum atomic E-state index is -0.119. The molecule has 4 nitrogen and oxygen atoms in total. The first-order valence-electron chi connectivity index (χ1n) is 6.78. The van der Waals surface area contributed by atoms with E-state index in [-0.39, 0.29) is 6.10 Å². The van der Waals surface area contributed by atoms with Crippen LogP contribution in [-0.2, 0) is 6.54 Å². The van der Waals surface area contributed by atoms with Gasteiger partial charge in [-0.15, -0.1) is 0 Å². The van der Waals surface area contributed by atoms with Crippen LogP contribution in [0.15, 0.2) is 12.1 Å². The van der Waals surface area contributed by atoms with E-state index in [0.29, 0.717) is 18.4 Å². The standard InChI is InChI=1S/C14H21N3O/c1-9-2-3-10(6-15)14(16-9)17-7-11-4-5-13(18)12(11)8-17/h2-3,11-13,18H,4-8,15H2,1H3. The Kier molecular flexibility index (Phi) is 2.99. The van der Waals surface area contributed by atoms with E-state index >= 15 is 0 Å². The fraction of sp³-hybridized carbons (Fsp3) is 0.643. The van der Waals surface area contributed by atoms with Crippen molar-refractivity contribution < 1.29 is 5.11 Å². The molecule has 0 aromatic carbocycles. The molecule has 1 aromatic heterocycles. The lowest BCUT2D eigenvalue weighted by atomic mass is 10.00. The number of pyridine rings is 1. The summed E-state index contributed by atoms with van der Waals surface area (Å²) in [5.41, 5.74) is 7.93. The average molecular weight is 247 g/mol. The Bertz CT molecular complexity index is 449. The first-order chi connectivity index (χ1) is 8.69. The number of nitrogens with zero attached hydrogens (tertiary/aromatic N) is 2. The molecule has 2 heterocycles. The minimum absolute atomic E-state index is 0.119. The van der Waals surface area contributed by atoms with Crippen molar-refractivity contribution in [2.24, 2.45) is 17.6 Å². The van der Waals surface area contributed by atoms with Crippen molar-refractivity contribution in [3.05, 3.63) is 23.4 Å². The van der Waals surface area contributed by atoms with Gasteiger partial charge >= 0.3 is 0 Å². The normalized spacial score (nSPS) is 30.8. The summed E-state index contributed by atoms with van der Waals surface area (Å²) in [6.45, 7) is 4.48. The molecule has 1 saturated heterocycles. The smallest absolute Gasteiger partial charge is 0.133 e. The van der Waals surface area contributed by atoms with Gasteiger partial charge in [-0.3, -0.25) is 0 Å². The molecule has 18 heavy (non-hydrogen) atoms. The monoisotopic (exact) mass is 247 g/mol. The predicted molar refractivity (Wildman–Crippen MR) is 71.3 cm³/mol. The molecular weight excluding hydrogens is 226 g/mol. The van der Waals surface area contributed by atoms with E-state index in [0.717, 1.165) is 43.0 Å². The number of aliphatic hydroxyl groups excluding tert-OH is 1. The number of anilines is 1. The highest BCUT2D eigenvalue weighted by Crippen LogP contribution is 2.40. The predicted octanol–water partition coefficient (Wildman–Crippen LogP) is 1.06. The van der Waals surface area contributed by atoms with E-state index in [2.05, 4.69) is 16.0 Å². The number of hydrogen-bond donors (Lipinski definition) is 2. The zero-order valence-corrected chi connectivity index (χ0v) is 10.8. The molecule has 1 saturated carbocycles. The maximum atomic E-state index is 9.97. The van der Waals surface area contributed by atoms with E-state index in [1.165, 1.54) is 0 Å². The molecule has 3 atom stereocenters. The van der Waals surface area contributed by atoms with Crippen molar-refractivity contribution in [2.45, 2.75) is 32.4 Å². The number of fused-ring (bicyclic) bond motifs is 1. The largest absolute Gasteiger partial charge is 0.393 e. The molecule has 3 unspecified atom stereocenters. The molecule has 0 spiro atoms. The average Bonchev–Trinajstić information content (AvgIpc) is 2.92. The van der Waals surface area contributed by atoms with Gasteiger partial charge in [0.05, 0.1) is 6.10 Å². The topological polar surface area (TPSA) is 62.4 Å². The van der Waals surface area contributed by atoms with Crippen LogP contribution in [0.3, 0.4) is 0 Å². The van der Waals surface area contributed by atoms with Crippen LogP contribution in [-0.4, -0.2) is 29.3 Å². The number of rotatable bonds is 2. The van der Waals surface area contributed by atoms with Crippen LogP contribution < -0.4 is 10.6 Å². The molecule has 4 heteroatoms. The van der Waals surface area contributed by atoms with Gasteiger partial charge in [0.2, 0.25) is 0 Å². The summed E-state index contributed by atoms with van der Waals surface area (Å²) in [4.78, 5) is 6.95. The molecule has 1 aromatic rings. The Balaban J connectivity index is 1.86. The van der Waals surface area contributed by atoms with Crippen molar-refractivity contribution in [3.8, 4) is 0 Å². The van der Waals surface area contributed by atoms with E-state index in [1.807, 2.05) is 13.0 Å². The third kappa shape index (κ3) is 1.89. The van der Waals surface area contributed by atoms with Crippen LogP contribution >= 0.6 is 0 Å². The second-order valence-corrected chi connectivity index (χ2v) is 5.61. The lowest BCUT2D eigenvalue weighted by molar-refractivity contribution is 0.133. The Morgan fingerprint density at radius 2 is 2.22 bits per heavy atom. The van der Waals surface area contributed by atoms with Gasteiger partial charge in [0.15, 0.2) is 0 Å². The molecule has 0 amide bonds. The van der Waals surface area contributed by atoms with E-state index < -0.39 is 0 Å². The number of nitrogens with two attached hydrogens (primary N) is 1. The Labute approximate surface area is 108 Å². The Hall–Kier alpha value is -1.13. The summed E-state index contributed by atoms with van der Waals surface area (Å²) in [5, 5.41) is 9.97. The maximum Gasteiger partial charge on any atom is 0.133 e. The Morgan fingerprint density at radius 3 is 2.94 bits per heavy atom. The molecule has 0 radical (unpaired) electrons. The lowest BCUT2D eigenvalue weighted by Gasteiger charge is -2.22. The first-order valence-corrected chi connectivity index (χ1v) is 6.78. The van der Waals surface area contributed by atoms with E-state index in [1.54, 1.807) is 0 Å². The van der Waals surface area contributed by atoms with Crippen molar-refractivity contribution in [1.82, 2.24) is 4.98 Å². The molecule has 1 aliphatic carbocycles. The molecule has 2 fully saturated rings. The highest BCUT2D eigenvalue weighted by Gasteiger charge is 2.42. The van der Waals surface area contributed by atoms with Gasteiger partial charge in [-0.2, -0.15) is 0 Å². The molecule has 1 aliphatic heterocycles. The highest BCUT2D eigenvalue weighted by molar-refractivity contribution is 5.49. The first kappa shape index (κ1) is 11.9. The summed E-state index contributed by atoms with van der Waals surface area (Å²) >= 11 is 0. The van der Waals surface area contributed by atoms with Crippen LogP contribution in [0, 0.1) is 18.8 Å². The molecule has 2 aliphatic rings. The van der Waals surface area contributed by atoms with Crippen molar-refractivity contribution in [3.63, 3.8) is 0 Å². The number of aliphatic hydroxyl groups is 1. The lowest BCUT2D eigenvalue weighted by Crippen LogP contribution is -2.26. The van der Waals surface area contributed by atoms with Gasteiger partial charge in [0.1, 0.15) is 5.82 Å². The van der Waals surface area contributed by atoms with Gasteiger partial charge in [0, 0.05) is 36.8 Å². The second-order valence-electron chi connectivity index (χ2n) is 5.61. The number of aryl methyl sites for hydroxylation is 1. The third-order valence-corrected chi connectivity index (χ3v) is 4.43. The van der Waals surface area contributed by atoms with Gasteiger partial charge < -0.3 is 15.7 Å². The molecule has 3 N–H and O–H groups in total. The van der Waals surface area contributed by atoms with E-state index in [9.17, 15) is 5.11 Å². The zero-order chi connectivity index (χ0) is 12.7. The van der Waals surface area contributed by atoms with E-state index in [4.69, 9.17) is 5.73 Å². The molecule has 0 bridgehead atoms. The summed E-state index contributed by atoms with van der Waals surface area (Å²) in [6.07, 6.45) is 1.99. The third-order valence-electron chi connectivity index (χ3n) is 4.43. The van der Waals surface area contributed by atoms with Gasteiger partial charge in [-0.1, -0.05) is 6.07 Å². The maximum absolute atomic E-state index is 9.97. The highest BCUT2D eigenvalue weighted by atomic mass is 16.3. The fourth-order valence-corrected chi connectivity index (χ4v) is 3.41. The summed E-state index contributed by atoms with van der Waals surface area (Å²) in [7, 11) is 0. The fourth-order valence-electron chi connectivity index (χ4n) is 3.41. The molecular formula is C14H21N3O. The second kappa shape index (κ2) is 4.52. The van der Waals surface area contributed by atoms with Crippen molar-refractivity contribution >= 4 is 5.82 Å². The summed E-state index contributed by atoms with van der Waals surface area (Å²) in [6, 6.07) is 4.08. The number of hydrogen-bond acceptors (Lipinski definition) is 4. The zero-order valence-electron chi connectivity index (χ0n) is 10.8. The minimum Gasteiger partial charge on any atom is -0.393 e. The SMILES string of the molecule is Cc1ccc(CN)c(N2CC3CCC(O)C3C2)n1. The van der Waals surface area contributed by atoms with Crippen molar-refractivity contribution in [2.75, 3.05) is 18.0 Å². The van der Waals surface area contributed by atoms with Crippen LogP contribution in [0.5, 0.6) is 0 Å². The summed E-state index contributed by atoms with van der Waals surface area (Å²) < 4.78 is 0. The van der Waals surface area contributed by atoms with Crippen LogP contribution in [0.4, 0.5) is 5.82 Å². The number of aromatic nitrogens is 1. The van der Waals surface area contributed by atoms with Gasteiger partial charge in [-0.05, 0) is 31.7 Å². The van der Waals surface area contributed by atoms with Gasteiger partial charge in [0.25, 0.3) is 0 Å². The van der Waals surface area contributed by atoms with Gasteiger partial charge in [-0.25, -0.2) is 4.98 Å². The molecule has 98 valence electrons. The Morgan fingerprint density at radius 1 is 1.39 bits per heavy atom. The van der Waals surface area contributed by atoms with Crippen LogP contribution in [0.1, 0.15) is 24.1 Å². The van der Waals surface area contributed by atoms with Crippen molar-refractivity contribution in [1.29, 1.82) is 0 Å². The quantitative estimate of drug-likeness (QED) is 0.820. The van der Waals surface area contributed by atoms with Crippen LogP contribution in [0.25, 0.3) is 0 Å².